The predicted octanol–water partition coefficient (Wildman–Crippen LogP) is 3.04. The van der Waals surface area contributed by atoms with E-state index in [1.54, 1.807) is 18.3 Å². The molecule has 1 fully saturated rings. The number of carbonyl (C=O) groups excluding carboxylic acids is 1. The minimum absolute atomic E-state index is 0.00292. The van der Waals surface area contributed by atoms with Crippen molar-refractivity contribution in [3.63, 3.8) is 0 Å². The third-order valence-corrected chi connectivity index (χ3v) is 6.37. The van der Waals surface area contributed by atoms with Crippen molar-refractivity contribution in [1.29, 1.82) is 0 Å². The van der Waals surface area contributed by atoms with Crippen molar-refractivity contribution in [1.82, 2.24) is 10.3 Å². The molecule has 0 saturated carbocycles. The second kappa shape index (κ2) is 7.31. The topological polar surface area (TPSA) is 88.2 Å². The Bertz CT molecular complexity index is 914. The summed E-state index contributed by atoms with van der Waals surface area (Å²) in [5.41, 5.74) is 3.35. The molecule has 27 heavy (non-hydrogen) atoms. The summed E-state index contributed by atoms with van der Waals surface area (Å²) in [5, 5.41) is 6.00. The molecule has 0 bridgehead atoms. The molecule has 1 aliphatic heterocycles. The van der Waals surface area contributed by atoms with Crippen LogP contribution in [0.15, 0.2) is 42.6 Å². The molecule has 1 saturated heterocycles. The van der Waals surface area contributed by atoms with Gasteiger partial charge in [-0.05, 0) is 41.7 Å². The summed E-state index contributed by atoms with van der Waals surface area (Å²) in [4.78, 5) is 16.4. The van der Waals surface area contributed by atoms with Crippen molar-refractivity contribution in [3.05, 3.63) is 53.9 Å². The molecule has 1 atom stereocenters. The highest BCUT2D eigenvalue weighted by molar-refractivity contribution is 7.91. The van der Waals surface area contributed by atoms with Gasteiger partial charge in [-0.15, -0.1) is 0 Å². The van der Waals surface area contributed by atoms with Gasteiger partial charge in [0.1, 0.15) is 5.69 Å². The highest BCUT2D eigenvalue weighted by atomic mass is 32.2. The monoisotopic (exact) mass is 387 g/mol. The average molecular weight is 388 g/mol. The number of sulfone groups is 1. The van der Waals surface area contributed by atoms with Gasteiger partial charge in [0.2, 0.25) is 0 Å². The lowest BCUT2D eigenvalue weighted by molar-refractivity contribution is 0.0936. The van der Waals surface area contributed by atoms with E-state index in [-0.39, 0.29) is 34.6 Å². The number of aromatic nitrogens is 1. The maximum Gasteiger partial charge on any atom is 0.270 e. The van der Waals surface area contributed by atoms with Crippen molar-refractivity contribution in [2.24, 2.45) is 0 Å². The Balaban J connectivity index is 1.61. The highest BCUT2D eigenvalue weighted by Crippen LogP contribution is 2.24. The fourth-order valence-corrected chi connectivity index (χ4v) is 4.66. The van der Waals surface area contributed by atoms with Crippen LogP contribution in [-0.2, 0) is 15.3 Å². The number of hydrogen-bond donors (Lipinski definition) is 2. The van der Waals surface area contributed by atoms with Gasteiger partial charge in [0.05, 0.1) is 23.4 Å². The number of amides is 1. The molecule has 2 aromatic rings. The van der Waals surface area contributed by atoms with Crippen LogP contribution in [0, 0.1) is 0 Å². The van der Waals surface area contributed by atoms with E-state index in [0.717, 1.165) is 11.4 Å². The van der Waals surface area contributed by atoms with E-state index in [0.29, 0.717) is 6.42 Å². The van der Waals surface area contributed by atoms with Crippen molar-refractivity contribution in [2.75, 3.05) is 16.8 Å². The zero-order valence-corrected chi connectivity index (χ0v) is 16.6. The molecule has 0 radical (unpaired) electrons. The van der Waals surface area contributed by atoms with Gasteiger partial charge in [0.15, 0.2) is 9.84 Å². The summed E-state index contributed by atoms with van der Waals surface area (Å²) in [6.07, 6.45) is 2.05. The molecule has 0 spiro atoms. The summed E-state index contributed by atoms with van der Waals surface area (Å²) in [6.45, 7) is 6.51. The van der Waals surface area contributed by atoms with Crippen molar-refractivity contribution < 1.29 is 13.2 Å². The van der Waals surface area contributed by atoms with Crippen molar-refractivity contribution in [2.45, 2.75) is 38.6 Å². The summed E-state index contributed by atoms with van der Waals surface area (Å²) >= 11 is 0. The zero-order valence-electron chi connectivity index (χ0n) is 15.8. The number of nitrogens with one attached hydrogen (secondary N) is 2. The van der Waals surface area contributed by atoms with E-state index < -0.39 is 9.84 Å². The Hall–Kier alpha value is -2.41. The fraction of sp³-hybridized carbons (Fsp3) is 0.400. The Morgan fingerprint density at radius 2 is 1.74 bits per heavy atom. The molecule has 2 heterocycles. The normalized spacial score (nSPS) is 18.9. The molecule has 3 rings (SSSR count). The lowest BCUT2D eigenvalue weighted by Gasteiger charge is -2.19. The van der Waals surface area contributed by atoms with Crippen LogP contribution >= 0.6 is 0 Å². The lowest BCUT2D eigenvalue weighted by Crippen LogP contribution is -2.36. The van der Waals surface area contributed by atoms with E-state index in [1.807, 2.05) is 12.1 Å². The number of pyridine rings is 1. The van der Waals surface area contributed by atoms with Gasteiger partial charge in [0.25, 0.3) is 5.91 Å². The number of rotatable bonds is 4. The standard InChI is InChI=1S/C20H25N3O3S/c1-20(2,3)14-4-6-15(7-5-14)22-16-8-9-18(21-12-16)19(24)23-17-10-11-27(25,26)13-17/h4-9,12,17,22H,10-11,13H2,1-3H3,(H,23,24). The largest absolute Gasteiger partial charge is 0.354 e. The molecule has 1 aliphatic rings. The third-order valence-electron chi connectivity index (χ3n) is 4.60. The molecule has 1 amide bonds. The maximum absolute atomic E-state index is 12.2. The van der Waals surface area contributed by atoms with Gasteiger partial charge in [-0.2, -0.15) is 0 Å². The minimum Gasteiger partial charge on any atom is -0.354 e. The van der Waals surface area contributed by atoms with Crippen LogP contribution in [0.4, 0.5) is 11.4 Å². The molecule has 144 valence electrons. The highest BCUT2D eigenvalue weighted by Gasteiger charge is 2.29. The summed E-state index contributed by atoms with van der Waals surface area (Å²) in [5.74, 6) is -0.219. The van der Waals surface area contributed by atoms with Gasteiger partial charge in [0, 0.05) is 11.7 Å². The van der Waals surface area contributed by atoms with Crippen LogP contribution in [0.3, 0.4) is 0 Å². The van der Waals surface area contributed by atoms with E-state index in [4.69, 9.17) is 0 Å². The van der Waals surface area contributed by atoms with Gasteiger partial charge in [-0.3, -0.25) is 4.79 Å². The van der Waals surface area contributed by atoms with Crippen LogP contribution < -0.4 is 10.6 Å². The Kier molecular flexibility index (Phi) is 5.24. The first-order valence-electron chi connectivity index (χ1n) is 8.97. The third kappa shape index (κ3) is 5.07. The molecular formula is C20H25N3O3S. The van der Waals surface area contributed by atoms with E-state index in [9.17, 15) is 13.2 Å². The quantitative estimate of drug-likeness (QED) is 0.842. The second-order valence-electron chi connectivity index (χ2n) is 7.96. The first kappa shape index (κ1) is 19.4. The van der Waals surface area contributed by atoms with Gasteiger partial charge in [-0.25, -0.2) is 13.4 Å². The molecule has 2 N–H and O–H groups in total. The van der Waals surface area contributed by atoms with E-state index in [2.05, 4.69) is 48.5 Å². The van der Waals surface area contributed by atoms with E-state index in [1.165, 1.54) is 5.56 Å². The zero-order chi connectivity index (χ0) is 19.7. The van der Waals surface area contributed by atoms with E-state index >= 15 is 0 Å². The van der Waals surface area contributed by atoms with Crippen LogP contribution in [0.1, 0.15) is 43.2 Å². The van der Waals surface area contributed by atoms with Gasteiger partial charge >= 0.3 is 0 Å². The van der Waals surface area contributed by atoms with Crippen LogP contribution in [-0.4, -0.2) is 36.9 Å². The first-order chi connectivity index (χ1) is 12.6. The summed E-state index contributed by atoms with van der Waals surface area (Å²) in [7, 11) is -3.02. The van der Waals surface area contributed by atoms with Crippen LogP contribution in [0.2, 0.25) is 0 Å². The smallest absolute Gasteiger partial charge is 0.270 e. The van der Waals surface area contributed by atoms with Crippen molar-refractivity contribution in [3.8, 4) is 0 Å². The molecular weight excluding hydrogens is 362 g/mol. The van der Waals surface area contributed by atoms with Gasteiger partial charge < -0.3 is 10.6 Å². The molecule has 1 unspecified atom stereocenters. The number of hydrogen-bond acceptors (Lipinski definition) is 5. The molecule has 1 aromatic heterocycles. The average Bonchev–Trinajstić information content (AvgIpc) is 2.93. The molecule has 6 nitrogen and oxygen atoms in total. The van der Waals surface area contributed by atoms with Crippen LogP contribution in [0.5, 0.6) is 0 Å². The Morgan fingerprint density at radius 3 is 2.26 bits per heavy atom. The SMILES string of the molecule is CC(C)(C)c1ccc(Nc2ccc(C(=O)NC3CCS(=O)(=O)C3)nc2)cc1. The number of carbonyl (C=O) groups is 1. The lowest BCUT2D eigenvalue weighted by atomic mass is 9.87. The summed E-state index contributed by atoms with van der Waals surface area (Å²) < 4.78 is 23.0. The second-order valence-corrected chi connectivity index (χ2v) is 10.2. The molecule has 0 aliphatic carbocycles. The van der Waals surface area contributed by atoms with Crippen molar-refractivity contribution >= 4 is 27.1 Å². The minimum atomic E-state index is -3.02. The number of benzene rings is 1. The van der Waals surface area contributed by atoms with Crippen LogP contribution in [0.25, 0.3) is 0 Å². The maximum atomic E-state index is 12.2. The Morgan fingerprint density at radius 1 is 1.07 bits per heavy atom. The molecule has 1 aromatic carbocycles. The van der Waals surface area contributed by atoms with Gasteiger partial charge in [-0.1, -0.05) is 32.9 Å². The fourth-order valence-electron chi connectivity index (χ4n) is 2.99. The number of nitrogens with zero attached hydrogens (tertiary/aromatic N) is 1. The number of anilines is 2. The summed E-state index contributed by atoms with van der Waals surface area (Å²) in [6, 6.07) is 11.3. The first-order valence-corrected chi connectivity index (χ1v) is 10.8. The molecule has 7 heteroatoms. The Labute approximate surface area is 160 Å². The predicted molar refractivity (Wildman–Crippen MR) is 107 cm³/mol.